The number of nitrogens with one attached hydrogen (secondary N) is 2. The molecule has 3 aromatic carbocycles. The van der Waals surface area contributed by atoms with E-state index in [4.69, 9.17) is 16.0 Å². The Bertz CT molecular complexity index is 2140. The lowest BCUT2D eigenvalue weighted by atomic mass is 10.0. The second-order valence-electron chi connectivity index (χ2n) is 11.5. The van der Waals surface area contributed by atoms with Crippen LogP contribution in [0.3, 0.4) is 0 Å². The first-order valence-corrected chi connectivity index (χ1v) is 17.8. The third-order valence-corrected chi connectivity index (χ3v) is 9.58. The van der Waals surface area contributed by atoms with Gasteiger partial charge in [-0.25, -0.2) is 22.9 Å². The fraction of sp³-hybridized carbons (Fsp3) is 0.286. The highest BCUT2D eigenvalue weighted by Crippen LogP contribution is 2.28. The molecular weight excluding hydrogens is 668 g/mol. The topological polar surface area (TPSA) is 158 Å². The zero-order valence-corrected chi connectivity index (χ0v) is 29.0. The summed E-state index contributed by atoms with van der Waals surface area (Å²) in [5.74, 6) is -0.647. The predicted molar refractivity (Wildman–Crippen MR) is 186 cm³/mol. The molecule has 2 N–H and O–H groups in total. The first-order valence-electron chi connectivity index (χ1n) is 16.0. The number of nitrogens with zero attached hydrogens (tertiary/aromatic N) is 4. The van der Waals surface area contributed by atoms with Gasteiger partial charge in [0, 0.05) is 24.1 Å². The molecule has 49 heavy (non-hydrogen) atoms. The van der Waals surface area contributed by atoms with Crippen LogP contribution in [0.5, 0.6) is 0 Å². The summed E-state index contributed by atoms with van der Waals surface area (Å²) in [7, 11) is -4.28. The lowest BCUT2D eigenvalue weighted by Gasteiger charge is -2.12. The van der Waals surface area contributed by atoms with Gasteiger partial charge in [-0.15, -0.1) is 5.10 Å². The number of hydrogen-bond donors (Lipinski definition) is 2. The van der Waals surface area contributed by atoms with Crippen molar-refractivity contribution in [1.29, 1.82) is 0 Å². The van der Waals surface area contributed by atoms with E-state index >= 15 is 0 Å². The van der Waals surface area contributed by atoms with Gasteiger partial charge in [0.1, 0.15) is 5.82 Å². The first kappa shape index (κ1) is 35.3. The summed E-state index contributed by atoms with van der Waals surface area (Å²) in [5, 5.41) is 7.83. The molecule has 0 saturated heterocycles. The quantitative estimate of drug-likeness (QED) is 0.137. The molecule has 0 unspecified atom stereocenters. The van der Waals surface area contributed by atoms with Crippen LogP contribution in [0.2, 0.25) is 5.02 Å². The normalized spacial score (nSPS) is 11.4. The Hall–Kier alpha value is -5.01. The van der Waals surface area contributed by atoms with E-state index in [1.165, 1.54) is 17.7 Å². The second kappa shape index (κ2) is 15.5. The van der Waals surface area contributed by atoms with Gasteiger partial charge in [0.15, 0.2) is 6.39 Å². The summed E-state index contributed by atoms with van der Waals surface area (Å²) in [6, 6.07) is 18.4. The average molecular weight is 705 g/mol. The van der Waals surface area contributed by atoms with E-state index < -0.39 is 15.9 Å². The summed E-state index contributed by atoms with van der Waals surface area (Å²) < 4.78 is 36.6. The van der Waals surface area contributed by atoms with E-state index in [-0.39, 0.29) is 34.5 Å². The number of aryl methyl sites for hydroxylation is 2. The molecular formula is C35H37ClN6O6S. The summed E-state index contributed by atoms with van der Waals surface area (Å²) in [5.41, 5.74) is 2.50. The molecule has 14 heteroatoms. The van der Waals surface area contributed by atoms with Crippen LogP contribution in [-0.4, -0.2) is 39.6 Å². The van der Waals surface area contributed by atoms with Crippen molar-refractivity contribution < 1.29 is 22.4 Å². The van der Waals surface area contributed by atoms with Crippen LogP contribution in [0.15, 0.2) is 87.2 Å². The molecule has 0 fully saturated rings. The van der Waals surface area contributed by atoms with E-state index in [9.17, 15) is 22.8 Å². The van der Waals surface area contributed by atoms with Crippen molar-refractivity contribution in [2.75, 3.05) is 5.32 Å². The Labute approximate surface area is 289 Å². The number of unbranched alkanes of at least 4 members (excludes halogenated alkanes) is 2. The molecule has 2 amide bonds. The van der Waals surface area contributed by atoms with Crippen molar-refractivity contribution in [2.45, 2.75) is 70.7 Å². The maximum atomic E-state index is 13.8. The van der Waals surface area contributed by atoms with Crippen molar-refractivity contribution in [3.05, 3.63) is 111 Å². The number of carbonyl (C=O) groups excluding carboxylic acids is 2. The standard InChI is InChI=1S/C35H37ClN6O6S/c1-4-6-12-31-39-42(29-20-26(18-19-28(29)36)38-32(43)13-7-5-2)35(45)41(31)21-24-14-16-25(17-15-24)27-10-8-9-11-30(27)49(46,47)40-34(44)33-23(3)37-22-48-33/h8-11,14-20,22H,4-7,12-13,21H2,1-3H3,(H,38,43)(H,40,44). The van der Waals surface area contributed by atoms with E-state index in [0.717, 1.165) is 37.6 Å². The van der Waals surface area contributed by atoms with Crippen LogP contribution in [-0.2, 0) is 27.8 Å². The summed E-state index contributed by atoms with van der Waals surface area (Å²) in [6.45, 7) is 5.81. The fourth-order valence-corrected chi connectivity index (χ4v) is 6.62. The van der Waals surface area contributed by atoms with Gasteiger partial charge in [0.05, 0.1) is 27.8 Å². The molecule has 2 aromatic heterocycles. The predicted octanol–water partition coefficient (Wildman–Crippen LogP) is 6.29. The zero-order chi connectivity index (χ0) is 35.1. The zero-order valence-electron chi connectivity index (χ0n) is 27.4. The number of rotatable bonds is 14. The van der Waals surface area contributed by atoms with Crippen molar-refractivity contribution in [1.82, 2.24) is 24.1 Å². The molecule has 256 valence electrons. The first-order chi connectivity index (χ1) is 23.5. The van der Waals surface area contributed by atoms with Crippen LogP contribution >= 0.6 is 11.6 Å². The van der Waals surface area contributed by atoms with Crippen LogP contribution in [0, 0.1) is 6.92 Å². The van der Waals surface area contributed by atoms with E-state index in [1.807, 2.05) is 19.1 Å². The maximum Gasteiger partial charge on any atom is 0.351 e. The number of hydrogen-bond acceptors (Lipinski definition) is 8. The van der Waals surface area contributed by atoms with Gasteiger partial charge >= 0.3 is 11.6 Å². The molecule has 2 heterocycles. The highest BCUT2D eigenvalue weighted by Gasteiger charge is 2.25. The molecule has 0 aliphatic heterocycles. The Kier molecular flexibility index (Phi) is 11.1. The van der Waals surface area contributed by atoms with Crippen molar-refractivity contribution in [3.8, 4) is 16.8 Å². The van der Waals surface area contributed by atoms with Crippen molar-refractivity contribution in [3.63, 3.8) is 0 Å². The number of amides is 2. The number of halogens is 1. The van der Waals surface area contributed by atoms with Gasteiger partial charge < -0.3 is 9.73 Å². The van der Waals surface area contributed by atoms with Gasteiger partial charge in [-0.2, -0.15) is 4.68 Å². The minimum absolute atomic E-state index is 0.0896. The Morgan fingerprint density at radius 2 is 1.71 bits per heavy atom. The average Bonchev–Trinajstić information content (AvgIpc) is 3.66. The maximum absolute atomic E-state index is 13.8. The number of anilines is 1. The van der Waals surface area contributed by atoms with Gasteiger partial charge in [-0.05, 0) is 55.2 Å². The van der Waals surface area contributed by atoms with Gasteiger partial charge in [-0.3, -0.25) is 14.2 Å². The van der Waals surface area contributed by atoms with Crippen LogP contribution in [0.25, 0.3) is 16.8 Å². The number of oxazole rings is 1. The minimum Gasteiger partial charge on any atom is -0.438 e. The van der Waals surface area contributed by atoms with Gasteiger partial charge in [0.2, 0.25) is 11.7 Å². The molecule has 0 aliphatic rings. The number of benzene rings is 3. The van der Waals surface area contributed by atoms with Crippen LogP contribution in [0.1, 0.15) is 73.6 Å². The van der Waals surface area contributed by atoms with Crippen LogP contribution < -0.4 is 15.7 Å². The Morgan fingerprint density at radius 1 is 0.980 bits per heavy atom. The smallest absolute Gasteiger partial charge is 0.351 e. The summed E-state index contributed by atoms with van der Waals surface area (Å²) in [4.78, 5) is 42.6. The third-order valence-electron chi connectivity index (χ3n) is 7.87. The Balaban J connectivity index is 1.42. The highest BCUT2D eigenvalue weighted by atomic mass is 35.5. The lowest BCUT2D eigenvalue weighted by Crippen LogP contribution is -2.31. The number of sulfonamides is 1. The van der Waals surface area contributed by atoms with Gasteiger partial charge in [0.25, 0.3) is 10.0 Å². The molecule has 5 aromatic rings. The van der Waals surface area contributed by atoms with Gasteiger partial charge in [-0.1, -0.05) is 80.8 Å². The largest absolute Gasteiger partial charge is 0.438 e. The molecule has 0 spiro atoms. The summed E-state index contributed by atoms with van der Waals surface area (Å²) >= 11 is 6.53. The van der Waals surface area contributed by atoms with E-state index in [2.05, 4.69) is 27.0 Å². The molecule has 0 radical (unpaired) electrons. The molecule has 0 bridgehead atoms. The van der Waals surface area contributed by atoms with E-state index in [1.54, 1.807) is 53.1 Å². The second-order valence-corrected chi connectivity index (χ2v) is 13.6. The molecule has 5 rings (SSSR count). The summed E-state index contributed by atoms with van der Waals surface area (Å²) in [6.07, 6.45) is 5.41. The number of aromatic nitrogens is 4. The monoisotopic (exact) mass is 704 g/mol. The molecule has 0 atom stereocenters. The lowest BCUT2D eigenvalue weighted by molar-refractivity contribution is -0.116. The van der Waals surface area contributed by atoms with Crippen molar-refractivity contribution >= 4 is 39.1 Å². The molecule has 12 nitrogen and oxygen atoms in total. The third kappa shape index (κ3) is 8.18. The van der Waals surface area contributed by atoms with Crippen LogP contribution in [0.4, 0.5) is 5.69 Å². The molecule has 0 saturated carbocycles. The fourth-order valence-electron chi connectivity index (χ4n) is 5.24. The SMILES string of the molecule is CCCCC(=O)Nc1ccc(Cl)c(-n2nc(CCCC)n(Cc3ccc(-c4ccccc4S(=O)(=O)NC(=O)c4ocnc4C)cc3)c2=O)c1. The Morgan fingerprint density at radius 3 is 2.41 bits per heavy atom. The van der Waals surface area contributed by atoms with E-state index in [0.29, 0.717) is 46.2 Å². The van der Waals surface area contributed by atoms with Crippen molar-refractivity contribution in [2.24, 2.45) is 0 Å². The highest BCUT2D eigenvalue weighted by molar-refractivity contribution is 7.90. The molecule has 0 aliphatic carbocycles. The number of carbonyl (C=O) groups is 2. The minimum atomic E-state index is -4.28.